The van der Waals surface area contributed by atoms with Crippen LogP contribution in [-0.4, -0.2) is 22.3 Å². The van der Waals surface area contributed by atoms with Gasteiger partial charge in [-0.2, -0.15) is 0 Å². The van der Waals surface area contributed by atoms with Crippen molar-refractivity contribution >= 4 is 33.5 Å². The highest BCUT2D eigenvalue weighted by molar-refractivity contribution is 9.10. The third-order valence-electron chi connectivity index (χ3n) is 2.14. The lowest BCUT2D eigenvalue weighted by Gasteiger charge is -2.05. The Balaban J connectivity index is 1.80. The molecule has 7 heteroatoms. The van der Waals surface area contributed by atoms with Gasteiger partial charge in [0.25, 0.3) is 5.56 Å². The van der Waals surface area contributed by atoms with E-state index in [9.17, 15) is 4.79 Å². The third kappa shape index (κ3) is 4.60. The van der Waals surface area contributed by atoms with Crippen molar-refractivity contribution in [2.45, 2.75) is 5.16 Å². The number of benzene rings is 1. The zero-order valence-corrected chi connectivity index (χ0v) is 12.3. The van der Waals surface area contributed by atoms with Gasteiger partial charge >= 0.3 is 0 Å². The van der Waals surface area contributed by atoms with Crippen molar-refractivity contribution in [1.82, 2.24) is 9.97 Å². The van der Waals surface area contributed by atoms with E-state index in [0.29, 0.717) is 17.5 Å². The number of thioether (sulfide) groups is 1. The topological polar surface area (TPSA) is 81.0 Å². The molecule has 0 spiro atoms. The van der Waals surface area contributed by atoms with Crippen LogP contribution in [0.4, 0.5) is 5.82 Å². The van der Waals surface area contributed by atoms with Crippen LogP contribution in [-0.2, 0) is 0 Å². The minimum atomic E-state index is -0.246. The molecule has 0 aliphatic heterocycles. The Kier molecular flexibility index (Phi) is 4.86. The van der Waals surface area contributed by atoms with E-state index >= 15 is 0 Å². The van der Waals surface area contributed by atoms with E-state index in [1.807, 2.05) is 24.3 Å². The van der Waals surface area contributed by atoms with Crippen LogP contribution in [0.15, 0.2) is 44.8 Å². The Morgan fingerprint density at radius 2 is 2.11 bits per heavy atom. The van der Waals surface area contributed by atoms with Gasteiger partial charge in [0.05, 0.1) is 6.61 Å². The molecule has 0 aliphatic carbocycles. The van der Waals surface area contributed by atoms with Crippen LogP contribution < -0.4 is 16.0 Å². The molecule has 0 unspecified atom stereocenters. The Morgan fingerprint density at radius 1 is 1.37 bits per heavy atom. The second kappa shape index (κ2) is 6.63. The number of nitrogens with two attached hydrogens (primary N) is 1. The van der Waals surface area contributed by atoms with Crippen molar-refractivity contribution in [3.63, 3.8) is 0 Å². The molecule has 2 rings (SSSR count). The molecule has 3 N–H and O–H groups in total. The molecule has 0 fully saturated rings. The highest BCUT2D eigenvalue weighted by Crippen LogP contribution is 2.17. The first-order valence-electron chi connectivity index (χ1n) is 5.51. The molecule has 1 aromatic heterocycles. The van der Waals surface area contributed by atoms with E-state index in [0.717, 1.165) is 10.2 Å². The van der Waals surface area contributed by atoms with Crippen molar-refractivity contribution in [3.8, 4) is 5.75 Å². The van der Waals surface area contributed by atoms with Gasteiger partial charge in [0, 0.05) is 16.3 Å². The van der Waals surface area contributed by atoms with E-state index in [2.05, 4.69) is 25.9 Å². The lowest BCUT2D eigenvalue weighted by molar-refractivity contribution is 0.344. The molecule has 100 valence electrons. The number of nitrogens with zero attached hydrogens (tertiary/aromatic N) is 1. The molecule has 0 amide bonds. The van der Waals surface area contributed by atoms with E-state index in [-0.39, 0.29) is 11.4 Å². The maximum atomic E-state index is 11.2. The summed E-state index contributed by atoms with van der Waals surface area (Å²) < 4.78 is 6.56. The molecule has 5 nitrogen and oxygen atoms in total. The first-order chi connectivity index (χ1) is 9.13. The molecular formula is C12H12BrN3O2S. The summed E-state index contributed by atoms with van der Waals surface area (Å²) in [5.41, 5.74) is 5.24. The SMILES string of the molecule is Nc1cc(=O)[nH]c(SCCOc2ccc(Br)cc2)n1. The number of nitrogen functional groups attached to an aromatic ring is 1. The van der Waals surface area contributed by atoms with Crippen LogP contribution in [0.25, 0.3) is 0 Å². The second-order valence-corrected chi connectivity index (χ2v) is 5.63. The maximum absolute atomic E-state index is 11.2. The Labute approximate surface area is 122 Å². The first-order valence-corrected chi connectivity index (χ1v) is 7.29. The van der Waals surface area contributed by atoms with Crippen molar-refractivity contribution < 1.29 is 4.74 Å². The molecule has 0 atom stereocenters. The number of aromatic amines is 1. The van der Waals surface area contributed by atoms with Gasteiger partial charge < -0.3 is 15.5 Å². The lowest BCUT2D eigenvalue weighted by atomic mass is 10.3. The average Bonchev–Trinajstić information content (AvgIpc) is 2.36. The Hall–Kier alpha value is -1.47. The maximum Gasteiger partial charge on any atom is 0.253 e. The predicted molar refractivity (Wildman–Crippen MR) is 79.6 cm³/mol. The Morgan fingerprint density at radius 3 is 2.79 bits per heavy atom. The van der Waals surface area contributed by atoms with E-state index in [4.69, 9.17) is 10.5 Å². The summed E-state index contributed by atoms with van der Waals surface area (Å²) in [6.45, 7) is 0.519. The predicted octanol–water partition coefficient (Wildman–Crippen LogP) is 2.29. The largest absolute Gasteiger partial charge is 0.493 e. The van der Waals surface area contributed by atoms with Crippen LogP contribution >= 0.6 is 27.7 Å². The molecule has 19 heavy (non-hydrogen) atoms. The van der Waals surface area contributed by atoms with Gasteiger partial charge in [0.1, 0.15) is 11.6 Å². The number of anilines is 1. The summed E-state index contributed by atoms with van der Waals surface area (Å²) in [6, 6.07) is 8.85. The van der Waals surface area contributed by atoms with Crippen LogP contribution in [0.1, 0.15) is 0 Å². The molecule has 0 saturated heterocycles. The van der Waals surface area contributed by atoms with Crippen LogP contribution in [0.3, 0.4) is 0 Å². The van der Waals surface area contributed by atoms with Gasteiger partial charge in [-0.3, -0.25) is 4.79 Å². The summed E-state index contributed by atoms with van der Waals surface area (Å²) in [5.74, 6) is 1.69. The molecule has 0 aliphatic rings. The fourth-order valence-electron chi connectivity index (χ4n) is 1.35. The summed E-state index contributed by atoms with van der Waals surface area (Å²) >= 11 is 4.75. The van der Waals surface area contributed by atoms with Crippen molar-refractivity contribution in [3.05, 3.63) is 45.2 Å². The molecule has 0 radical (unpaired) electrons. The minimum absolute atomic E-state index is 0.222. The molecule has 0 saturated carbocycles. The highest BCUT2D eigenvalue weighted by atomic mass is 79.9. The van der Waals surface area contributed by atoms with Crippen molar-refractivity contribution in [2.75, 3.05) is 18.1 Å². The van der Waals surface area contributed by atoms with E-state index < -0.39 is 0 Å². The van der Waals surface area contributed by atoms with Crippen LogP contribution in [0.5, 0.6) is 5.75 Å². The van der Waals surface area contributed by atoms with E-state index in [1.54, 1.807) is 0 Å². The number of ether oxygens (including phenoxy) is 1. The van der Waals surface area contributed by atoms with Gasteiger partial charge in [-0.05, 0) is 24.3 Å². The number of nitrogens with one attached hydrogen (secondary N) is 1. The average molecular weight is 342 g/mol. The number of H-pyrrole nitrogens is 1. The number of aromatic nitrogens is 2. The number of halogens is 1. The fourth-order valence-corrected chi connectivity index (χ4v) is 2.32. The standard InChI is InChI=1S/C12H12BrN3O2S/c13-8-1-3-9(4-2-8)18-5-6-19-12-15-10(14)7-11(17)16-12/h1-4,7H,5-6H2,(H3,14,15,16,17). The second-order valence-electron chi connectivity index (χ2n) is 3.63. The van der Waals surface area contributed by atoms with Crippen LogP contribution in [0.2, 0.25) is 0 Å². The van der Waals surface area contributed by atoms with Crippen molar-refractivity contribution in [2.24, 2.45) is 0 Å². The smallest absolute Gasteiger partial charge is 0.253 e. The van der Waals surface area contributed by atoms with Gasteiger partial charge in [-0.25, -0.2) is 4.98 Å². The van der Waals surface area contributed by atoms with Crippen molar-refractivity contribution in [1.29, 1.82) is 0 Å². The van der Waals surface area contributed by atoms with Gasteiger partial charge in [0.2, 0.25) is 0 Å². The third-order valence-corrected chi connectivity index (χ3v) is 3.51. The molecule has 1 heterocycles. The highest BCUT2D eigenvalue weighted by Gasteiger charge is 2.00. The van der Waals surface area contributed by atoms with Gasteiger partial charge in [-0.15, -0.1) is 0 Å². The first kappa shape index (κ1) is 14.0. The van der Waals surface area contributed by atoms with E-state index in [1.165, 1.54) is 17.8 Å². The van der Waals surface area contributed by atoms with Crippen LogP contribution in [0, 0.1) is 0 Å². The van der Waals surface area contributed by atoms with Gasteiger partial charge in [-0.1, -0.05) is 27.7 Å². The normalized spacial score (nSPS) is 10.4. The molecular weight excluding hydrogens is 330 g/mol. The molecule has 0 bridgehead atoms. The number of hydrogen-bond donors (Lipinski definition) is 2. The lowest BCUT2D eigenvalue weighted by Crippen LogP contribution is -2.10. The summed E-state index contributed by atoms with van der Waals surface area (Å²) in [5, 5.41) is 0.504. The number of hydrogen-bond acceptors (Lipinski definition) is 5. The fraction of sp³-hybridized carbons (Fsp3) is 0.167. The molecule has 2 aromatic rings. The zero-order valence-electron chi connectivity index (χ0n) is 9.93. The molecule has 1 aromatic carbocycles. The monoisotopic (exact) mass is 341 g/mol. The quantitative estimate of drug-likeness (QED) is 0.495. The number of rotatable bonds is 5. The summed E-state index contributed by atoms with van der Waals surface area (Å²) in [4.78, 5) is 17.8. The zero-order chi connectivity index (χ0) is 13.7. The Bertz CT molecular complexity index is 601. The minimum Gasteiger partial charge on any atom is -0.493 e. The summed E-state index contributed by atoms with van der Waals surface area (Å²) in [6.07, 6.45) is 0. The van der Waals surface area contributed by atoms with Gasteiger partial charge in [0.15, 0.2) is 5.16 Å². The summed E-state index contributed by atoms with van der Waals surface area (Å²) in [7, 11) is 0.